The van der Waals surface area contributed by atoms with Crippen LogP contribution in [0.2, 0.25) is 0 Å². The molecule has 0 saturated heterocycles. The van der Waals surface area contributed by atoms with Crippen LogP contribution in [0.1, 0.15) is 62.0 Å². The third-order valence-electron chi connectivity index (χ3n) is 5.26. The average molecular weight is 415 g/mol. The minimum absolute atomic E-state index is 0.171. The predicted octanol–water partition coefficient (Wildman–Crippen LogP) is 2.31. The molecule has 1 saturated carbocycles. The summed E-state index contributed by atoms with van der Waals surface area (Å²) in [5, 5.41) is 14.3. The van der Waals surface area contributed by atoms with Gasteiger partial charge in [-0.2, -0.15) is 5.26 Å². The number of aromatic nitrogens is 1. The summed E-state index contributed by atoms with van der Waals surface area (Å²) in [5.41, 5.74) is 2.74. The smallest absolute Gasteiger partial charge is 0.349 e. The van der Waals surface area contributed by atoms with Crippen LogP contribution in [0.3, 0.4) is 0 Å². The first-order valence-electron chi connectivity index (χ1n) is 10.4. The van der Waals surface area contributed by atoms with Crippen molar-refractivity contribution in [2.45, 2.75) is 58.9 Å². The molecule has 1 aromatic rings. The van der Waals surface area contributed by atoms with E-state index in [0.717, 1.165) is 29.8 Å². The number of likely N-dealkylation sites (N-methyl/N-ethyl adjacent to an activating group) is 1. The van der Waals surface area contributed by atoms with Crippen LogP contribution in [0, 0.1) is 25.2 Å². The van der Waals surface area contributed by atoms with Crippen LogP contribution in [0.5, 0.6) is 0 Å². The van der Waals surface area contributed by atoms with E-state index in [9.17, 15) is 19.6 Å². The van der Waals surface area contributed by atoms with Crippen molar-refractivity contribution >= 4 is 23.9 Å². The van der Waals surface area contributed by atoms with Gasteiger partial charge < -0.3 is 19.9 Å². The van der Waals surface area contributed by atoms with Gasteiger partial charge in [0, 0.05) is 24.0 Å². The fraction of sp³-hybridized carbons (Fsp3) is 0.545. The molecule has 1 fully saturated rings. The van der Waals surface area contributed by atoms with Crippen molar-refractivity contribution in [2.24, 2.45) is 0 Å². The van der Waals surface area contributed by atoms with Gasteiger partial charge in [0.05, 0.1) is 6.54 Å². The lowest BCUT2D eigenvalue weighted by Crippen LogP contribution is -2.38. The topological polar surface area (TPSA) is 113 Å². The summed E-state index contributed by atoms with van der Waals surface area (Å²) in [6, 6.07) is 4.27. The average Bonchev–Trinajstić information content (AvgIpc) is 3.02. The van der Waals surface area contributed by atoms with Crippen LogP contribution in [0.4, 0.5) is 0 Å². The highest BCUT2D eigenvalue weighted by molar-refractivity contribution is 5.99. The monoisotopic (exact) mass is 414 g/mol. The molecule has 162 valence electrons. The quantitative estimate of drug-likeness (QED) is 0.385. The number of carbonyl (C=O) groups is 3. The minimum atomic E-state index is -0.867. The SMILES string of the molecule is CCNC(=O)CNC(=O)COC(=O)/C(C#N)=C/c1cc(C)n(C2CCCCC2)c1C. The molecule has 0 bridgehead atoms. The van der Waals surface area contributed by atoms with Gasteiger partial charge in [-0.05, 0) is 51.3 Å². The van der Waals surface area contributed by atoms with Crippen LogP contribution in [0.15, 0.2) is 11.6 Å². The van der Waals surface area contributed by atoms with Crippen molar-refractivity contribution < 1.29 is 19.1 Å². The first-order valence-corrected chi connectivity index (χ1v) is 10.4. The highest BCUT2D eigenvalue weighted by Crippen LogP contribution is 2.32. The Labute approximate surface area is 177 Å². The van der Waals surface area contributed by atoms with Crippen molar-refractivity contribution in [1.29, 1.82) is 5.26 Å². The Bertz CT molecular complexity index is 857. The number of nitrogens with zero attached hydrogens (tertiary/aromatic N) is 2. The third-order valence-corrected chi connectivity index (χ3v) is 5.26. The van der Waals surface area contributed by atoms with Crippen LogP contribution < -0.4 is 10.6 Å². The highest BCUT2D eigenvalue weighted by Gasteiger charge is 2.21. The molecule has 1 aliphatic carbocycles. The zero-order chi connectivity index (χ0) is 22.1. The molecule has 2 N–H and O–H groups in total. The number of amides is 2. The highest BCUT2D eigenvalue weighted by atomic mass is 16.5. The summed E-state index contributed by atoms with van der Waals surface area (Å²) in [6.45, 7) is 5.49. The molecule has 2 amide bonds. The summed E-state index contributed by atoms with van der Waals surface area (Å²) in [7, 11) is 0. The molecule has 0 aromatic carbocycles. The van der Waals surface area contributed by atoms with Crippen LogP contribution >= 0.6 is 0 Å². The molecule has 0 radical (unpaired) electrons. The van der Waals surface area contributed by atoms with Gasteiger partial charge in [0.2, 0.25) is 5.91 Å². The largest absolute Gasteiger partial charge is 0.451 e. The molecule has 2 rings (SSSR count). The van der Waals surface area contributed by atoms with E-state index in [-0.39, 0.29) is 18.0 Å². The molecule has 8 heteroatoms. The zero-order valence-corrected chi connectivity index (χ0v) is 17.9. The van der Waals surface area contributed by atoms with Crippen molar-refractivity contribution in [2.75, 3.05) is 19.7 Å². The molecule has 1 aliphatic rings. The summed E-state index contributed by atoms with van der Waals surface area (Å²) in [4.78, 5) is 35.3. The van der Waals surface area contributed by atoms with E-state index in [2.05, 4.69) is 15.2 Å². The number of rotatable bonds is 8. The van der Waals surface area contributed by atoms with Crippen molar-refractivity contribution in [1.82, 2.24) is 15.2 Å². The Morgan fingerprint density at radius 3 is 2.53 bits per heavy atom. The number of nitrogens with one attached hydrogen (secondary N) is 2. The molecule has 0 atom stereocenters. The van der Waals surface area contributed by atoms with Gasteiger partial charge in [0.15, 0.2) is 6.61 Å². The van der Waals surface area contributed by atoms with E-state index in [1.165, 1.54) is 25.3 Å². The predicted molar refractivity (Wildman–Crippen MR) is 112 cm³/mol. The van der Waals surface area contributed by atoms with Crippen LogP contribution in [-0.2, 0) is 19.1 Å². The standard InChI is InChI=1S/C22H30N4O4/c1-4-24-20(27)13-25-21(28)14-30-22(29)18(12-23)11-17-10-15(2)26(16(17)3)19-8-6-5-7-9-19/h10-11,19H,4-9,13-14H2,1-3H3,(H,24,27)(H,25,28)/b18-11+. The van der Waals surface area contributed by atoms with Gasteiger partial charge in [-0.15, -0.1) is 0 Å². The third kappa shape index (κ3) is 6.21. The number of aryl methyl sites for hydroxylation is 1. The molecular weight excluding hydrogens is 384 g/mol. The molecule has 0 aliphatic heterocycles. The number of hydrogen-bond donors (Lipinski definition) is 2. The number of ether oxygens (including phenoxy) is 1. The lowest BCUT2D eigenvalue weighted by atomic mass is 9.95. The van der Waals surface area contributed by atoms with E-state index in [0.29, 0.717) is 12.6 Å². The maximum absolute atomic E-state index is 12.2. The molecule has 0 spiro atoms. The molecule has 30 heavy (non-hydrogen) atoms. The van der Waals surface area contributed by atoms with Crippen molar-refractivity contribution in [3.8, 4) is 6.07 Å². The fourth-order valence-corrected chi connectivity index (χ4v) is 3.84. The maximum atomic E-state index is 12.2. The molecule has 1 aromatic heterocycles. The van der Waals surface area contributed by atoms with Gasteiger partial charge >= 0.3 is 5.97 Å². The zero-order valence-electron chi connectivity index (χ0n) is 17.9. The maximum Gasteiger partial charge on any atom is 0.349 e. The Morgan fingerprint density at radius 1 is 1.20 bits per heavy atom. The lowest BCUT2D eigenvalue weighted by molar-refractivity contribution is -0.144. The Morgan fingerprint density at radius 2 is 1.90 bits per heavy atom. The van der Waals surface area contributed by atoms with Gasteiger partial charge in [-0.1, -0.05) is 19.3 Å². The van der Waals surface area contributed by atoms with Gasteiger partial charge in [0.1, 0.15) is 11.6 Å². The molecular formula is C22H30N4O4. The van der Waals surface area contributed by atoms with E-state index >= 15 is 0 Å². The Balaban J connectivity index is 2.01. The normalized spacial score (nSPS) is 14.7. The van der Waals surface area contributed by atoms with E-state index in [4.69, 9.17) is 4.74 Å². The fourth-order valence-electron chi connectivity index (χ4n) is 3.84. The number of carbonyl (C=O) groups excluding carboxylic acids is 3. The second-order valence-electron chi connectivity index (χ2n) is 7.46. The van der Waals surface area contributed by atoms with Gasteiger partial charge in [0.25, 0.3) is 5.91 Å². The molecule has 0 unspecified atom stereocenters. The van der Waals surface area contributed by atoms with E-state index < -0.39 is 18.5 Å². The first kappa shape index (κ1) is 23.2. The summed E-state index contributed by atoms with van der Waals surface area (Å²) in [6.07, 6.45) is 7.48. The minimum Gasteiger partial charge on any atom is -0.451 e. The van der Waals surface area contributed by atoms with E-state index in [1.54, 1.807) is 6.92 Å². The first-order chi connectivity index (χ1) is 14.4. The molecule has 1 heterocycles. The second kappa shape index (κ2) is 11.2. The Hall–Kier alpha value is -3.08. The van der Waals surface area contributed by atoms with Crippen molar-refractivity contribution in [3.63, 3.8) is 0 Å². The van der Waals surface area contributed by atoms with Crippen LogP contribution in [-0.4, -0.2) is 42.0 Å². The van der Waals surface area contributed by atoms with Gasteiger partial charge in [-0.25, -0.2) is 4.79 Å². The van der Waals surface area contributed by atoms with Gasteiger partial charge in [-0.3, -0.25) is 9.59 Å². The lowest BCUT2D eigenvalue weighted by Gasteiger charge is -2.26. The second-order valence-corrected chi connectivity index (χ2v) is 7.46. The van der Waals surface area contributed by atoms with Crippen molar-refractivity contribution in [3.05, 3.63) is 28.6 Å². The Kier molecular flexibility index (Phi) is 8.66. The summed E-state index contributed by atoms with van der Waals surface area (Å²) in [5.74, 6) is -1.81. The number of esters is 1. The van der Waals surface area contributed by atoms with Crippen LogP contribution in [0.25, 0.3) is 6.08 Å². The number of nitriles is 1. The summed E-state index contributed by atoms with van der Waals surface area (Å²) < 4.78 is 7.23. The molecule has 8 nitrogen and oxygen atoms in total. The summed E-state index contributed by atoms with van der Waals surface area (Å²) >= 11 is 0. The number of hydrogen-bond acceptors (Lipinski definition) is 5. The van der Waals surface area contributed by atoms with E-state index in [1.807, 2.05) is 26.0 Å².